The maximum atomic E-state index is 13.2. The number of carbonyl (C=O) groups excluding carboxylic acids is 1. The van der Waals surface area contributed by atoms with Crippen LogP contribution in [-0.4, -0.2) is 20.6 Å². The number of aromatic nitrogens is 3. The maximum Gasteiger partial charge on any atom is 0.280 e. The lowest BCUT2D eigenvalue weighted by molar-refractivity contribution is 0.101. The quantitative estimate of drug-likeness (QED) is 0.701. The summed E-state index contributed by atoms with van der Waals surface area (Å²) >= 11 is 0. The minimum atomic E-state index is -0.330. The van der Waals surface area contributed by atoms with Crippen LogP contribution in [0.2, 0.25) is 0 Å². The third kappa shape index (κ3) is 3.69. The van der Waals surface area contributed by atoms with Crippen molar-refractivity contribution in [3.05, 3.63) is 53.3 Å². The molecule has 152 valence electrons. The Bertz CT molecular complexity index is 1040. The van der Waals surface area contributed by atoms with E-state index in [9.17, 15) is 9.18 Å². The number of amides is 1. The first-order chi connectivity index (χ1) is 13.7. The number of halogens is 1. The molecule has 1 amide bonds. The molecule has 0 radical (unpaired) electrons. The van der Waals surface area contributed by atoms with Gasteiger partial charge in [-0.3, -0.25) is 10.1 Å². The highest BCUT2D eigenvalue weighted by molar-refractivity contribution is 6.03. The largest absolute Gasteiger partial charge is 0.360 e. The van der Waals surface area contributed by atoms with E-state index in [4.69, 9.17) is 4.52 Å². The predicted molar refractivity (Wildman–Crippen MR) is 108 cm³/mol. The van der Waals surface area contributed by atoms with E-state index < -0.39 is 0 Å². The smallest absolute Gasteiger partial charge is 0.280 e. The van der Waals surface area contributed by atoms with Crippen molar-refractivity contribution in [2.75, 3.05) is 5.32 Å². The molecule has 0 saturated heterocycles. The highest BCUT2D eigenvalue weighted by atomic mass is 19.1. The number of benzene rings is 1. The van der Waals surface area contributed by atoms with Crippen molar-refractivity contribution in [2.45, 2.75) is 40.0 Å². The minimum Gasteiger partial charge on any atom is -0.360 e. The van der Waals surface area contributed by atoms with E-state index in [1.54, 1.807) is 29.9 Å². The van der Waals surface area contributed by atoms with Crippen LogP contribution in [0.4, 0.5) is 10.3 Å². The first kappa shape index (κ1) is 19.4. The number of hydrogen-bond acceptors (Lipinski definition) is 4. The summed E-state index contributed by atoms with van der Waals surface area (Å²) in [6.45, 7) is 6.67. The van der Waals surface area contributed by atoms with Gasteiger partial charge in [0, 0.05) is 24.6 Å². The van der Waals surface area contributed by atoms with Gasteiger partial charge in [0.25, 0.3) is 5.91 Å². The number of rotatable bonds is 3. The molecule has 0 bridgehead atoms. The Morgan fingerprint density at radius 3 is 2.69 bits per heavy atom. The number of hydrogen-bond donors (Lipinski definition) is 1. The van der Waals surface area contributed by atoms with Gasteiger partial charge in [0.05, 0.1) is 11.9 Å². The molecule has 1 aromatic carbocycles. The van der Waals surface area contributed by atoms with E-state index in [1.165, 1.54) is 12.1 Å². The molecule has 29 heavy (non-hydrogen) atoms. The number of aryl methyl sites for hydroxylation is 1. The SMILES string of the molecule is Cn1c(-c2ccc(F)cc2)cnc1NC(=O)c1noc2c1C[C@@H](C(C)(C)C)CC2. The molecule has 4 rings (SSSR count). The first-order valence-corrected chi connectivity index (χ1v) is 9.80. The Balaban J connectivity index is 1.56. The molecule has 0 spiro atoms. The second-order valence-corrected chi connectivity index (χ2v) is 8.73. The van der Waals surface area contributed by atoms with Gasteiger partial charge in [0.2, 0.25) is 5.95 Å². The summed E-state index contributed by atoms with van der Waals surface area (Å²) in [6, 6.07) is 6.15. The number of nitrogens with one attached hydrogen (secondary N) is 1. The highest BCUT2D eigenvalue weighted by Crippen LogP contribution is 2.38. The molecule has 1 aliphatic carbocycles. The molecule has 1 atom stereocenters. The zero-order valence-electron chi connectivity index (χ0n) is 17.1. The lowest BCUT2D eigenvalue weighted by Gasteiger charge is -2.33. The van der Waals surface area contributed by atoms with E-state index in [1.807, 2.05) is 0 Å². The van der Waals surface area contributed by atoms with Gasteiger partial charge in [-0.05, 0) is 48.4 Å². The molecule has 0 saturated carbocycles. The Morgan fingerprint density at radius 2 is 2.00 bits per heavy atom. The number of carbonyl (C=O) groups is 1. The molecule has 2 aromatic heterocycles. The van der Waals surface area contributed by atoms with Crippen molar-refractivity contribution in [3.8, 4) is 11.3 Å². The Labute approximate surface area is 169 Å². The predicted octanol–water partition coefficient (Wildman–Crippen LogP) is 4.62. The molecule has 7 heteroatoms. The van der Waals surface area contributed by atoms with Crippen molar-refractivity contribution >= 4 is 11.9 Å². The summed E-state index contributed by atoms with van der Waals surface area (Å²) in [5.74, 6) is 1.05. The zero-order chi connectivity index (χ0) is 20.8. The number of imidazole rings is 1. The van der Waals surface area contributed by atoms with Gasteiger partial charge >= 0.3 is 0 Å². The van der Waals surface area contributed by atoms with Gasteiger partial charge < -0.3 is 9.09 Å². The standard InChI is InChI=1S/C22H25FN4O2/c1-22(2,3)14-7-10-18-16(11-14)19(26-29-18)20(28)25-21-24-12-17(27(21)4)13-5-8-15(23)9-6-13/h5-6,8-9,12,14H,7,10-11H2,1-4H3,(H,24,25,28)/t14-/m0/s1. The van der Waals surface area contributed by atoms with E-state index in [0.717, 1.165) is 41.8 Å². The molecule has 6 nitrogen and oxygen atoms in total. The summed E-state index contributed by atoms with van der Waals surface area (Å²) < 4.78 is 20.4. The molecule has 0 unspecified atom stereocenters. The summed E-state index contributed by atoms with van der Waals surface area (Å²) in [7, 11) is 1.80. The van der Waals surface area contributed by atoms with Crippen molar-refractivity contribution in [2.24, 2.45) is 18.4 Å². The first-order valence-electron chi connectivity index (χ1n) is 9.80. The van der Waals surface area contributed by atoms with Crippen LogP contribution in [0.15, 0.2) is 35.0 Å². The van der Waals surface area contributed by atoms with Gasteiger partial charge in [-0.1, -0.05) is 25.9 Å². The van der Waals surface area contributed by atoms with Gasteiger partial charge in [0.15, 0.2) is 5.69 Å². The van der Waals surface area contributed by atoms with Crippen LogP contribution >= 0.6 is 0 Å². The van der Waals surface area contributed by atoms with Gasteiger partial charge in [-0.15, -0.1) is 0 Å². The van der Waals surface area contributed by atoms with E-state index in [-0.39, 0.29) is 17.1 Å². The summed E-state index contributed by atoms with van der Waals surface area (Å²) in [6.07, 6.45) is 4.27. The molecule has 0 aliphatic heterocycles. The van der Waals surface area contributed by atoms with Gasteiger partial charge in [-0.2, -0.15) is 0 Å². The van der Waals surface area contributed by atoms with Crippen LogP contribution in [-0.2, 0) is 19.9 Å². The van der Waals surface area contributed by atoms with Crippen LogP contribution in [0.1, 0.15) is 49.0 Å². The monoisotopic (exact) mass is 396 g/mol. The molecule has 3 aromatic rings. The van der Waals surface area contributed by atoms with E-state index in [0.29, 0.717) is 17.6 Å². The number of nitrogens with zero attached hydrogens (tertiary/aromatic N) is 3. The number of anilines is 1. The van der Waals surface area contributed by atoms with Crippen LogP contribution in [0.25, 0.3) is 11.3 Å². The normalized spacial score (nSPS) is 16.5. The lowest BCUT2D eigenvalue weighted by atomic mass is 9.71. The molecule has 2 heterocycles. The fourth-order valence-corrected chi connectivity index (χ4v) is 3.90. The average Bonchev–Trinajstić information content (AvgIpc) is 3.25. The maximum absolute atomic E-state index is 13.2. The molecular weight excluding hydrogens is 371 g/mol. The second-order valence-electron chi connectivity index (χ2n) is 8.73. The molecule has 0 fully saturated rings. The minimum absolute atomic E-state index is 0.159. The molecule has 1 aliphatic rings. The third-order valence-corrected chi connectivity index (χ3v) is 5.83. The summed E-state index contributed by atoms with van der Waals surface area (Å²) in [5, 5.41) is 6.88. The van der Waals surface area contributed by atoms with Crippen molar-refractivity contribution in [1.82, 2.24) is 14.7 Å². The fourth-order valence-electron chi connectivity index (χ4n) is 3.90. The van der Waals surface area contributed by atoms with Crippen LogP contribution in [0.5, 0.6) is 0 Å². The second kappa shape index (κ2) is 7.13. The Morgan fingerprint density at radius 1 is 1.28 bits per heavy atom. The molecule has 1 N–H and O–H groups in total. The summed E-state index contributed by atoms with van der Waals surface area (Å²) in [5.41, 5.74) is 2.98. The van der Waals surface area contributed by atoms with Gasteiger partial charge in [-0.25, -0.2) is 9.37 Å². The van der Waals surface area contributed by atoms with Crippen molar-refractivity contribution < 1.29 is 13.7 Å². The van der Waals surface area contributed by atoms with Crippen LogP contribution in [0.3, 0.4) is 0 Å². The fraction of sp³-hybridized carbons (Fsp3) is 0.409. The Kier molecular flexibility index (Phi) is 4.76. The van der Waals surface area contributed by atoms with Gasteiger partial charge in [0.1, 0.15) is 11.6 Å². The average molecular weight is 396 g/mol. The Hall–Kier alpha value is -2.96. The number of fused-ring (bicyclic) bond motifs is 1. The lowest BCUT2D eigenvalue weighted by Crippen LogP contribution is -2.28. The zero-order valence-corrected chi connectivity index (χ0v) is 17.1. The highest BCUT2D eigenvalue weighted by Gasteiger charge is 2.34. The van der Waals surface area contributed by atoms with Crippen molar-refractivity contribution in [1.29, 1.82) is 0 Å². The topological polar surface area (TPSA) is 73.0 Å². The van der Waals surface area contributed by atoms with Crippen molar-refractivity contribution in [3.63, 3.8) is 0 Å². The van der Waals surface area contributed by atoms with E-state index >= 15 is 0 Å². The molecular formula is C22H25FN4O2. The van der Waals surface area contributed by atoms with Crippen LogP contribution < -0.4 is 5.32 Å². The van der Waals surface area contributed by atoms with Crippen LogP contribution in [0, 0.1) is 17.2 Å². The van der Waals surface area contributed by atoms with E-state index in [2.05, 4.69) is 36.2 Å². The summed E-state index contributed by atoms with van der Waals surface area (Å²) in [4.78, 5) is 17.2. The third-order valence-electron chi connectivity index (χ3n) is 5.83.